The average molecular weight is 276 g/mol. The van der Waals surface area contributed by atoms with Crippen LogP contribution in [0.4, 0.5) is 0 Å². The minimum absolute atomic E-state index is 0.149. The molecule has 0 aromatic heterocycles. The second-order valence-corrected chi connectivity index (χ2v) is 5.51. The molecule has 1 atom stereocenters. The molecule has 0 spiro atoms. The molecule has 1 heterocycles. The maximum absolute atomic E-state index is 12.0. The Morgan fingerprint density at radius 2 is 2.35 bits per heavy atom. The van der Waals surface area contributed by atoms with Gasteiger partial charge in [0.05, 0.1) is 6.61 Å². The lowest BCUT2D eigenvalue weighted by Gasteiger charge is -2.30. The monoisotopic (exact) mass is 276 g/mol. The Labute approximate surface area is 120 Å². The normalized spacial score (nSPS) is 18.9. The first-order valence-corrected chi connectivity index (χ1v) is 7.38. The molecule has 1 aromatic rings. The van der Waals surface area contributed by atoms with Crippen LogP contribution in [0, 0.1) is 6.92 Å². The lowest BCUT2D eigenvalue weighted by Crippen LogP contribution is -2.45. The lowest BCUT2D eigenvalue weighted by atomic mass is 10.1. The molecule has 4 heteroatoms. The predicted molar refractivity (Wildman–Crippen MR) is 79.7 cm³/mol. The van der Waals surface area contributed by atoms with E-state index in [1.165, 1.54) is 5.56 Å². The van der Waals surface area contributed by atoms with Gasteiger partial charge in [0, 0.05) is 25.6 Å². The van der Waals surface area contributed by atoms with Crippen molar-refractivity contribution in [2.75, 3.05) is 19.7 Å². The SMILES string of the molecule is Cc1cccc(OCCCC(=O)N2CCCC(N)C2)c1. The largest absolute Gasteiger partial charge is 0.494 e. The Bertz CT molecular complexity index is 448. The third kappa shape index (κ3) is 4.53. The molecule has 0 aliphatic carbocycles. The van der Waals surface area contributed by atoms with Gasteiger partial charge in [-0.25, -0.2) is 0 Å². The fourth-order valence-electron chi connectivity index (χ4n) is 2.51. The molecular weight excluding hydrogens is 252 g/mol. The van der Waals surface area contributed by atoms with Gasteiger partial charge >= 0.3 is 0 Å². The number of carbonyl (C=O) groups is 1. The summed E-state index contributed by atoms with van der Waals surface area (Å²) in [7, 11) is 0. The zero-order chi connectivity index (χ0) is 14.4. The number of benzene rings is 1. The smallest absolute Gasteiger partial charge is 0.222 e. The molecule has 1 aliphatic heterocycles. The maximum atomic E-state index is 12.0. The van der Waals surface area contributed by atoms with Crippen molar-refractivity contribution in [2.24, 2.45) is 5.73 Å². The Morgan fingerprint density at radius 3 is 3.10 bits per heavy atom. The van der Waals surface area contributed by atoms with Crippen molar-refractivity contribution >= 4 is 5.91 Å². The van der Waals surface area contributed by atoms with Crippen LogP contribution in [0.25, 0.3) is 0 Å². The van der Waals surface area contributed by atoms with Crippen LogP contribution in [-0.2, 0) is 4.79 Å². The summed E-state index contributed by atoms with van der Waals surface area (Å²) in [6.45, 7) is 4.17. The van der Waals surface area contributed by atoms with Crippen LogP contribution >= 0.6 is 0 Å². The number of nitrogens with two attached hydrogens (primary N) is 1. The fourth-order valence-corrected chi connectivity index (χ4v) is 2.51. The Kier molecular flexibility index (Phi) is 5.41. The molecule has 1 unspecified atom stereocenters. The summed E-state index contributed by atoms with van der Waals surface area (Å²) in [6, 6.07) is 8.11. The molecule has 0 bridgehead atoms. The summed E-state index contributed by atoms with van der Waals surface area (Å²) >= 11 is 0. The van der Waals surface area contributed by atoms with E-state index in [0.717, 1.165) is 31.6 Å². The zero-order valence-electron chi connectivity index (χ0n) is 12.2. The molecule has 1 aromatic carbocycles. The molecule has 2 rings (SSSR count). The average Bonchev–Trinajstić information content (AvgIpc) is 2.43. The molecule has 1 aliphatic rings. The minimum atomic E-state index is 0.149. The highest BCUT2D eigenvalue weighted by Crippen LogP contribution is 2.14. The number of hydrogen-bond acceptors (Lipinski definition) is 3. The Hall–Kier alpha value is -1.55. The van der Waals surface area contributed by atoms with E-state index in [1.807, 2.05) is 36.1 Å². The predicted octanol–water partition coefficient (Wildman–Crippen LogP) is 2.10. The van der Waals surface area contributed by atoms with Crippen molar-refractivity contribution in [2.45, 2.75) is 38.6 Å². The number of ether oxygens (including phenoxy) is 1. The molecule has 2 N–H and O–H groups in total. The van der Waals surface area contributed by atoms with Crippen molar-refractivity contribution in [1.29, 1.82) is 0 Å². The van der Waals surface area contributed by atoms with Gasteiger partial charge in [-0.3, -0.25) is 4.79 Å². The molecule has 20 heavy (non-hydrogen) atoms. The summed E-state index contributed by atoms with van der Waals surface area (Å²) in [5.74, 6) is 1.07. The number of likely N-dealkylation sites (tertiary alicyclic amines) is 1. The van der Waals surface area contributed by atoms with Gasteiger partial charge in [-0.05, 0) is 43.9 Å². The van der Waals surface area contributed by atoms with E-state index >= 15 is 0 Å². The van der Waals surface area contributed by atoms with Gasteiger partial charge in [0.25, 0.3) is 0 Å². The Morgan fingerprint density at radius 1 is 1.50 bits per heavy atom. The fraction of sp³-hybridized carbons (Fsp3) is 0.562. The molecule has 0 radical (unpaired) electrons. The van der Waals surface area contributed by atoms with Crippen LogP contribution < -0.4 is 10.5 Å². The summed E-state index contributed by atoms with van der Waals surface area (Å²) in [4.78, 5) is 13.9. The first-order chi connectivity index (χ1) is 9.65. The number of nitrogens with zero attached hydrogens (tertiary/aromatic N) is 1. The van der Waals surface area contributed by atoms with Gasteiger partial charge in [-0.1, -0.05) is 12.1 Å². The second kappa shape index (κ2) is 7.29. The quantitative estimate of drug-likeness (QED) is 0.838. The van der Waals surface area contributed by atoms with Crippen molar-refractivity contribution in [3.63, 3.8) is 0 Å². The summed E-state index contributed by atoms with van der Waals surface area (Å²) in [6.07, 6.45) is 3.34. The summed E-state index contributed by atoms with van der Waals surface area (Å²) in [5.41, 5.74) is 7.07. The topological polar surface area (TPSA) is 55.6 Å². The standard InChI is InChI=1S/C16H24N2O2/c1-13-5-2-7-15(11-13)20-10-4-8-16(19)18-9-3-6-14(17)12-18/h2,5,7,11,14H,3-4,6,8-10,12,17H2,1H3. The number of piperidine rings is 1. The van der Waals surface area contributed by atoms with Gasteiger partial charge in [0.1, 0.15) is 5.75 Å². The van der Waals surface area contributed by atoms with E-state index in [-0.39, 0.29) is 11.9 Å². The van der Waals surface area contributed by atoms with Gasteiger partial charge in [0.2, 0.25) is 5.91 Å². The lowest BCUT2D eigenvalue weighted by molar-refractivity contribution is -0.132. The molecule has 1 saturated heterocycles. The highest BCUT2D eigenvalue weighted by atomic mass is 16.5. The van der Waals surface area contributed by atoms with Gasteiger partial charge in [0.15, 0.2) is 0 Å². The van der Waals surface area contributed by atoms with Crippen molar-refractivity contribution < 1.29 is 9.53 Å². The van der Waals surface area contributed by atoms with E-state index in [1.54, 1.807) is 0 Å². The molecule has 110 valence electrons. The van der Waals surface area contributed by atoms with Crippen LogP contribution in [0.3, 0.4) is 0 Å². The number of carbonyl (C=O) groups excluding carboxylic acids is 1. The first kappa shape index (κ1) is 14.9. The third-order valence-electron chi connectivity index (χ3n) is 3.60. The highest BCUT2D eigenvalue weighted by Gasteiger charge is 2.20. The Balaban J connectivity index is 1.66. The zero-order valence-corrected chi connectivity index (χ0v) is 12.2. The minimum Gasteiger partial charge on any atom is -0.494 e. The van der Waals surface area contributed by atoms with E-state index in [4.69, 9.17) is 10.5 Å². The molecule has 4 nitrogen and oxygen atoms in total. The molecule has 0 saturated carbocycles. The van der Waals surface area contributed by atoms with E-state index < -0.39 is 0 Å². The molecule has 1 fully saturated rings. The highest BCUT2D eigenvalue weighted by molar-refractivity contribution is 5.76. The van der Waals surface area contributed by atoms with Gasteiger partial charge < -0.3 is 15.4 Å². The summed E-state index contributed by atoms with van der Waals surface area (Å²) < 4.78 is 5.65. The third-order valence-corrected chi connectivity index (χ3v) is 3.60. The number of aryl methyl sites for hydroxylation is 1. The maximum Gasteiger partial charge on any atom is 0.222 e. The number of rotatable bonds is 5. The van der Waals surface area contributed by atoms with Gasteiger partial charge in [-0.2, -0.15) is 0 Å². The van der Waals surface area contributed by atoms with Crippen molar-refractivity contribution in [1.82, 2.24) is 4.90 Å². The van der Waals surface area contributed by atoms with Crippen LogP contribution in [0.5, 0.6) is 5.75 Å². The second-order valence-electron chi connectivity index (χ2n) is 5.51. The van der Waals surface area contributed by atoms with Crippen molar-refractivity contribution in [3.05, 3.63) is 29.8 Å². The van der Waals surface area contributed by atoms with Crippen LogP contribution in [-0.4, -0.2) is 36.5 Å². The number of hydrogen-bond donors (Lipinski definition) is 1. The van der Waals surface area contributed by atoms with E-state index in [0.29, 0.717) is 19.6 Å². The molecular formula is C16H24N2O2. The van der Waals surface area contributed by atoms with Crippen LogP contribution in [0.2, 0.25) is 0 Å². The van der Waals surface area contributed by atoms with Crippen LogP contribution in [0.15, 0.2) is 24.3 Å². The summed E-state index contributed by atoms with van der Waals surface area (Å²) in [5, 5.41) is 0. The van der Waals surface area contributed by atoms with Crippen molar-refractivity contribution in [3.8, 4) is 5.75 Å². The van der Waals surface area contributed by atoms with Gasteiger partial charge in [-0.15, -0.1) is 0 Å². The van der Waals surface area contributed by atoms with E-state index in [9.17, 15) is 4.79 Å². The molecule has 1 amide bonds. The first-order valence-electron chi connectivity index (χ1n) is 7.38. The number of amides is 1. The van der Waals surface area contributed by atoms with E-state index in [2.05, 4.69) is 0 Å². The van der Waals surface area contributed by atoms with Crippen LogP contribution in [0.1, 0.15) is 31.2 Å².